The predicted molar refractivity (Wildman–Crippen MR) is 100 cm³/mol. The first-order valence-electron chi connectivity index (χ1n) is 6.60. The molecule has 0 radical (unpaired) electrons. The smallest absolute Gasteiger partial charge is 0.191 e. The van der Waals surface area contributed by atoms with Gasteiger partial charge in [0, 0.05) is 18.5 Å². The number of halogens is 1. The molecule has 4 nitrogen and oxygen atoms in total. The standard InChI is InChI=1S/C15H20N4S.HI/c1-11-14(20-12(2)19-11)10-18-15(16-3)17-9-13-7-5-4-6-8-13;/h4-8H,9-10H2,1-3H3,(H2,16,17,18);1H. The number of aliphatic imine (C=N–C) groups is 1. The van der Waals surface area contributed by atoms with E-state index in [1.165, 1.54) is 10.4 Å². The molecular weight excluding hydrogens is 395 g/mol. The second kappa shape index (κ2) is 8.99. The lowest BCUT2D eigenvalue weighted by Gasteiger charge is -2.11. The number of nitrogens with zero attached hydrogens (tertiary/aromatic N) is 2. The monoisotopic (exact) mass is 416 g/mol. The summed E-state index contributed by atoms with van der Waals surface area (Å²) in [5, 5.41) is 7.73. The van der Waals surface area contributed by atoms with Crippen molar-refractivity contribution in [3.8, 4) is 0 Å². The van der Waals surface area contributed by atoms with Gasteiger partial charge in [-0.2, -0.15) is 0 Å². The predicted octanol–water partition coefficient (Wildman–Crippen LogP) is 3.24. The lowest BCUT2D eigenvalue weighted by molar-refractivity contribution is 0.811. The Morgan fingerprint density at radius 1 is 1.14 bits per heavy atom. The molecule has 0 aliphatic rings. The zero-order chi connectivity index (χ0) is 14.4. The van der Waals surface area contributed by atoms with Crippen molar-refractivity contribution in [3.05, 3.63) is 51.5 Å². The van der Waals surface area contributed by atoms with Crippen molar-refractivity contribution in [3.63, 3.8) is 0 Å². The van der Waals surface area contributed by atoms with Crippen LogP contribution in [0.4, 0.5) is 0 Å². The molecule has 0 amide bonds. The zero-order valence-electron chi connectivity index (χ0n) is 12.5. The number of nitrogens with one attached hydrogen (secondary N) is 2. The fourth-order valence-electron chi connectivity index (χ4n) is 1.90. The van der Waals surface area contributed by atoms with Crippen LogP contribution in [0.3, 0.4) is 0 Å². The molecule has 21 heavy (non-hydrogen) atoms. The van der Waals surface area contributed by atoms with E-state index in [1.807, 2.05) is 32.0 Å². The van der Waals surface area contributed by atoms with Crippen molar-refractivity contribution in [1.29, 1.82) is 0 Å². The lowest BCUT2D eigenvalue weighted by atomic mass is 10.2. The van der Waals surface area contributed by atoms with Gasteiger partial charge in [-0.25, -0.2) is 4.98 Å². The van der Waals surface area contributed by atoms with E-state index in [9.17, 15) is 0 Å². The van der Waals surface area contributed by atoms with Crippen LogP contribution < -0.4 is 10.6 Å². The molecule has 0 spiro atoms. The molecule has 6 heteroatoms. The summed E-state index contributed by atoms with van der Waals surface area (Å²) < 4.78 is 0. The highest BCUT2D eigenvalue weighted by molar-refractivity contribution is 14.0. The first-order valence-corrected chi connectivity index (χ1v) is 7.42. The second-order valence-electron chi connectivity index (χ2n) is 4.51. The highest BCUT2D eigenvalue weighted by Gasteiger charge is 2.05. The van der Waals surface area contributed by atoms with E-state index in [1.54, 1.807) is 18.4 Å². The molecule has 1 aromatic carbocycles. The van der Waals surface area contributed by atoms with E-state index in [0.29, 0.717) is 0 Å². The summed E-state index contributed by atoms with van der Waals surface area (Å²) in [5.41, 5.74) is 2.33. The number of rotatable bonds is 4. The van der Waals surface area contributed by atoms with Crippen LogP contribution in [0.25, 0.3) is 0 Å². The number of thiazole rings is 1. The minimum atomic E-state index is 0. The van der Waals surface area contributed by atoms with Crippen molar-refractivity contribution >= 4 is 41.3 Å². The third-order valence-corrected chi connectivity index (χ3v) is 4.02. The SMILES string of the molecule is CN=C(NCc1ccccc1)NCc1sc(C)nc1C.I. The topological polar surface area (TPSA) is 49.3 Å². The summed E-state index contributed by atoms with van der Waals surface area (Å²) in [6.45, 7) is 5.59. The summed E-state index contributed by atoms with van der Waals surface area (Å²) in [7, 11) is 1.78. The molecule has 1 heterocycles. The summed E-state index contributed by atoms with van der Waals surface area (Å²) >= 11 is 1.72. The maximum atomic E-state index is 4.43. The number of aryl methyl sites for hydroxylation is 2. The van der Waals surface area contributed by atoms with E-state index >= 15 is 0 Å². The van der Waals surface area contributed by atoms with Crippen LogP contribution in [0.1, 0.15) is 21.1 Å². The molecule has 2 N–H and O–H groups in total. The number of hydrogen-bond acceptors (Lipinski definition) is 3. The molecule has 0 atom stereocenters. The van der Waals surface area contributed by atoms with Gasteiger partial charge < -0.3 is 10.6 Å². The van der Waals surface area contributed by atoms with Crippen LogP contribution in [0.15, 0.2) is 35.3 Å². The third kappa shape index (κ3) is 5.62. The molecular formula is C15H21IN4S. The molecule has 2 rings (SSSR count). The fourth-order valence-corrected chi connectivity index (χ4v) is 2.78. The molecule has 2 aromatic rings. The van der Waals surface area contributed by atoms with Gasteiger partial charge in [0.2, 0.25) is 0 Å². The number of benzene rings is 1. The minimum absolute atomic E-state index is 0. The van der Waals surface area contributed by atoms with Gasteiger partial charge >= 0.3 is 0 Å². The molecule has 0 aliphatic carbocycles. The first kappa shape index (κ1) is 17.9. The number of hydrogen-bond donors (Lipinski definition) is 2. The van der Waals surface area contributed by atoms with Crippen molar-refractivity contribution in [2.75, 3.05) is 7.05 Å². The Balaban J connectivity index is 0.00000220. The Morgan fingerprint density at radius 3 is 2.38 bits per heavy atom. The largest absolute Gasteiger partial charge is 0.352 e. The summed E-state index contributed by atoms with van der Waals surface area (Å²) in [4.78, 5) is 9.91. The van der Waals surface area contributed by atoms with Crippen LogP contribution in [-0.4, -0.2) is 18.0 Å². The Hall–Kier alpha value is -1.15. The van der Waals surface area contributed by atoms with E-state index in [4.69, 9.17) is 0 Å². The fraction of sp³-hybridized carbons (Fsp3) is 0.333. The van der Waals surface area contributed by atoms with Crippen LogP contribution in [-0.2, 0) is 13.1 Å². The third-order valence-electron chi connectivity index (χ3n) is 2.94. The van der Waals surface area contributed by atoms with Gasteiger partial charge in [0.1, 0.15) is 0 Å². The molecule has 0 aliphatic heterocycles. The maximum absolute atomic E-state index is 4.43. The molecule has 0 saturated carbocycles. The average Bonchev–Trinajstić information content (AvgIpc) is 2.78. The Bertz CT molecular complexity index is 581. The van der Waals surface area contributed by atoms with Gasteiger partial charge in [-0.3, -0.25) is 4.99 Å². The number of guanidine groups is 1. The summed E-state index contributed by atoms with van der Waals surface area (Å²) in [6, 6.07) is 10.3. The van der Waals surface area contributed by atoms with Crippen LogP contribution >= 0.6 is 35.3 Å². The quantitative estimate of drug-likeness (QED) is 0.457. The molecule has 0 bridgehead atoms. The molecule has 1 aromatic heterocycles. The highest BCUT2D eigenvalue weighted by Crippen LogP contribution is 2.16. The van der Waals surface area contributed by atoms with E-state index in [-0.39, 0.29) is 24.0 Å². The highest BCUT2D eigenvalue weighted by atomic mass is 127. The van der Waals surface area contributed by atoms with E-state index in [2.05, 4.69) is 32.7 Å². The van der Waals surface area contributed by atoms with Gasteiger partial charge in [-0.1, -0.05) is 30.3 Å². The lowest BCUT2D eigenvalue weighted by Crippen LogP contribution is -2.36. The molecule has 114 valence electrons. The van der Waals surface area contributed by atoms with E-state index in [0.717, 1.165) is 29.8 Å². The molecule has 0 saturated heterocycles. The van der Waals surface area contributed by atoms with Crippen molar-refractivity contribution < 1.29 is 0 Å². The molecule has 0 fully saturated rings. The first-order chi connectivity index (χ1) is 9.69. The Morgan fingerprint density at radius 2 is 1.81 bits per heavy atom. The van der Waals surface area contributed by atoms with Crippen molar-refractivity contribution in [1.82, 2.24) is 15.6 Å². The Kier molecular flexibility index (Phi) is 7.66. The normalized spacial score (nSPS) is 10.9. The zero-order valence-corrected chi connectivity index (χ0v) is 15.7. The van der Waals surface area contributed by atoms with Crippen LogP contribution in [0.5, 0.6) is 0 Å². The summed E-state index contributed by atoms with van der Waals surface area (Å²) in [5.74, 6) is 0.805. The molecule has 0 unspecified atom stereocenters. The minimum Gasteiger partial charge on any atom is -0.352 e. The van der Waals surface area contributed by atoms with Gasteiger partial charge in [-0.15, -0.1) is 35.3 Å². The maximum Gasteiger partial charge on any atom is 0.191 e. The van der Waals surface area contributed by atoms with Gasteiger partial charge in [-0.05, 0) is 19.4 Å². The van der Waals surface area contributed by atoms with E-state index < -0.39 is 0 Å². The van der Waals surface area contributed by atoms with Gasteiger partial charge in [0.05, 0.1) is 17.2 Å². The number of aromatic nitrogens is 1. The van der Waals surface area contributed by atoms with Gasteiger partial charge in [0.15, 0.2) is 5.96 Å². The second-order valence-corrected chi connectivity index (χ2v) is 5.79. The Labute approximate surface area is 147 Å². The van der Waals surface area contributed by atoms with Crippen LogP contribution in [0.2, 0.25) is 0 Å². The van der Waals surface area contributed by atoms with Crippen LogP contribution in [0, 0.1) is 13.8 Å². The van der Waals surface area contributed by atoms with Crippen molar-refractivity contribution in [2.45, 2.75) is 26.9 Å². The van der Waals surface area contributed by atoms with Gasteiger partial charge in [0.25, 0.3) is 0 Å². The summed E-state index contributed by atoms with van der Waals surface area (Å²) in [6.07, 6.45) is 0. The average molecular weight is 416 g/mol. The van der Waals surface area contributed by atoms with Crippen molar-refractivity contribution in [2.24, 2.45) is 4.99 Å².